The van der Waals surface area contributed by atoms with Gasteiger partial charge in [-0.25, -0.2) is 13.9 Å². The highest BCUT2D eigenvalue weighted by Gasteiger charge is 2.26. The zero-order chi connectivity index (χ0) is 27.2. The zero-order valence-electron chi connectivity index (χ0n) is 19.7. The Kier molecular flexibility index (Phi) is 8.48. The van der Waals surface area contributed by atoms with Crippen molar-refractivity contribution in [1.29, 1.82) is 0 Å². The number of carbonyl (C=O) groups excluding carboxylic acids is 2. The summed E-state index contributed by atoms with van der Waals surface area (Å²) in [4.78, 5) is 37.4. The van der Waals surface area contributed by atoms with Crippen LogP contribution in [0.2, 0.25) is 0 Å². The van der Waals surface area contributed by atoms with Crippen LogP contribution in [-0.2, 0) is 16.0 Å². The number of halogens is 2. The minimum Gasteiger partial charge on any atom is -0.467 e. The van der Waals surface area contributed by atoms with Crippen molar-refractivity contribution in [2.45, 2.75) is 22.3 Å². The van der Waals surface area contributed by atoms with Gasteiger partial charge < -0.3 is 10.1 Å². The molecule has 0 aliphatic carbocycles. The number of esters is 1. The van der Waals surface area contributed by atoms with Crippen LogP contribution < -0.4 is 5.32 Å². The predicted molar refractivity (Wildman–Crippen MR) is 140 cm³/mol. The van der Waals surface area contributed by atoms with Crippen LogP contribution in [0.25, 0.3) is 5.69 Å². The maximum absolute atomic E-state index is 13.2. The number of hydrogen-bond donors (Lipinski definition) is 1. The van der Waals surface area contributed by atoms with Gasteiger partial charge in [0.05, 0.1) is 34.5 Å². The Hall–Kier alpha value is -4.10. The van der Waals surface area contributed by atoms with E-state index in [4.69, 9.17) is 4.74 Å². The number of aromatic nitrogens is 3. The third-order valence-electron chi connectivity index (χ3n) is 5.28. The maximum atomic E-state index is 13.2. The molecule has 1 N–H and O–H groups in total. The molecule has 1 amide bonds. The molecule has 0 saturated heterocycles. The molecule has 4 rings (SSSR count). The van der Waals surface area contributed by atoms with Crippen molar-refractivity contribution in [2.75, 3.05) is 7.11 Å². The van der Waals surface area contributed by atoms with Gasteiger partial charge in [-0.2, -0.15) is 0 Å². The summed E-state index contributed by atoms with van der Waals surface area (Å²) in [7, 11) is 1.19. The summed E-state index contributed by atoms with van der Waals surface area (Å²) in [6.45, 7) is 0. The fraction of sp³-hybridized carbons (Fsp3) is 0.120. The van der Waals surface area contributed by atoms with E-state index >= 15 is 0 Å². The number of nitro groups is 1. The Morgan fingerprint density at radius 1 is 1.18 bits per heavy atom. The first kappa shape index (κ1) is 26.9. The number of amides is 1. The highest BCUT2D eigenvalue weighted by molar-refractivity contribution is 9.10. The van der Waals surface area contributed by atoms with Crippen molar-refractivity contribution in [3.05, 3.63) is 105 Å². The van der Waals surface area contributed by atoms with Crippen LogP contribution in [0.15, 0.2) is 87.2 Å². The predicted octanol–water partition coefficient (Wildman–Crippen LogP) is 4.74. The van der Waals surface area contributed by atoms with Crippen LogP contribution in [0.1, 0.15) is 16.1 Å². The number of carbonyl (C=O) groups is 2. The molecule has 4 aromatic rings. The van der Waals surface area contributed by atoms with Gasteiger partial charge in [0.25, 0.3) is 11.6 Å². The van der Waals surface area contributed by atoms with E-state index in [2.05, 4.69) is 31.6 Å². The fourth-order valence-corrected chi connectivity index (χ4v) is 4.73. The molecule has 0 fully saturated rings. The normalized spacial score (nSPS) is 11.6. The summed E-state index contributed by atoms with van der Waals surface area (Å²) >= 11 is 4.46. The Labute approximate surface area is 228 Å². The Bertz CT molecular complexity index is 1500. The Morgan fingerprint density at radius 2 is 1.95 bits per heavy atom. The SMILES string of the molecule is COC(=O)C(Cc1cn(-c2cccc(Br)c2)nn1)NC(=O)c1ccc(Sc2ccc(F)cc2)c([N+](=O)[O-])c1. The third-order valence-corrected chi connectivity index (χ3v) is 6.84. The molecule has 0 bridgehead atoms. The van der Waals surface area contributed by atoms with Gasteiger partial charge in [0, 0.05) is 27.4 Å². The second-order valence-electron chi connectivity index (χ2n) is 7.88. The highest BCUT2D eigenvalue weighted by Crippen LogP contribution is 2.35. The quantitative estimate of drug-likeness (QED) is 0.166. The van der Waals surface area contributed by atoms with Gasteiger partial charge in [-0.3, -0.25) is 14.9 Å². The summed E-state index contributed by atoms with van der Waals surface area (Å²) < 4.78 is 20.4. The monoisotopic (exact) mass is 599 g/mol. The van der Waals surface area contributed by atoms with Gasteiger partial charge in [0.1, 0.15) is 11.9 Å². The molecular weight excluding hydrogens is 581 g/mol. The van der Waals surface area contributed by atoms with Gasteiger partial charge in [0.15, 0.2) is 0 Å². The second kappa shape index (κ2) is 12.0. The van der Waals surface area contributed by atoms with Crippen LogP contribution in [0.5, 0.6) is 0 Å². The first-order valence-corrected chi connectivity index (χ1v) is 12.6. The van der Waals surface area contributed by atoms with E-state index in [1.807, 2.05) is 24.3 Å². The lowest BCUT2D eigenvalue weighted by Gasteiger charge is -2.15. The zero-order valence-corrected chi connectivity index (χ0v) is 22.1. The molecule has 13 heteroatoms. The summed E-state index contributed by atoms with van der Waals surface area (Å²) in [6, 6.07) is 15.7. The number of nitrogens with one attached hydrogen (secondary N) is 1. The fourth-order valence-electron chi connectivity index (χ4n) is 3.44. The molecule has 1 aromatic heterocycles. The minimum atomic E-state index is -1.12. The molecule has 0 radical (unpaired) electrons. The number of methoxy groups -OCH3 is 1. The lowest BCUT2D eigenvalue weighted by atomic mass is 10.1. The molecule has 1 heterocycles. The van der Waals surface area contributed by atoms with Crippen LogP contribution in [-0.4, -0.2) is 44.9 Å². The number of rotatable bonds is 9. The molecule has 0 aliphatic heterocycles. The summed E-state index contributed by atoms with van der Waals surface area (Å²) in [6.07, 6.45) is 1.60. The average molecular weight is 600 g/mol. The van der Waals surface area contributed by atoms with Gasteiger partial charge in [-0.15, -0.1) is 5.10 Å². The number of benzene rings is 3. The van der Waals surface area contributed by atoms with Crippen LogP contribution >= 0.6 is 27.7 Å². The number of ether oxygens (including phenoxy) is 1. The summed E-state index contributed by atoms with van der Waals surface area (Å²) in [5, 5.41) is 22.4. The van der Waals surface area contributed by atoms with Crippen molar-refractivity contribution < 1.29 is 23.6 Å². The van der Waals surface area contributed by atoms with Crippen LogP contribution in [0.3, 0.4) is 0 Å². The standard InChI is InChI=1S/C25H19BrFN5O5S/c1-37-25(34)21(13-18-14-31(30-29-18)19-4-2-3-16(26)12-19)28-24(33)15-5-10-23(22(11-15)32(35)36)38-20-8-6-17(27)7-9-20/h2-12,14,21H,13H2,1H3,(H,28,33). The van der Waals surface area contributed by atoms with E-state index in [0.29, 0.717) is 10.6 Å². The van der Waals surface area contributed by atoms with Gasteiger partial charge in [-0.1, -0.05) is 39.0 Å². The van der Waals surface area contributed by atoms with E-state index in [1.54, 1.807) is 6.20 Å². The van der Waals surface area contributed by atoms with E-state index in [1.165, 1.54) is 48.2 Å². The number of nitrogens with zero attached hydrogens (tertiary/aromatic N) is 4. The molecule has 38 heavy (non-hydrogen) atoms. The van der Waals surface area contributed by atoms with Gasteiger partial charge in [0.2, 0.25) is 0 Å². The molecular formula is C25H19BrFN5O5S. The van der Waals surface area contributed by atoms with Crippen LogP contribution in [0.4, 0.5) is 10.1 Å². The van der Waals surface area contributed by atoms with E-state index in [9.17, 15) is 24.1 Å². The van der Waals surface area contributed by atoms with E-state index in [-0.39, 0.29) is 22.6 Å². The third kappa shape index (κ3) is 6.61. The first-order valence-electron chi connectivity index (χ1n) is 11.0. The molecule has 0 aliphatic rings. The minimum absolute atomic E-state index is 0.0208. The number of nitro benzene ring substituents is 1. The lowest BCUT2D eigenvalue weighted by molar-refractivity contribution is -0.387. The van der Waals surface area contributed by atoms with Crippen molar-refractivity contribution >= 4 is 45.3 Å². The average Bonchev–Trinajstić information content (AvgIpc) is 3.38. The molecule has 3 aromatic carbocycles. The largest absolute Gasteiger partial charge is 0.467 e. The first-order chi connectivity index (χ1) is 18.2. The summed E-state index contributed by atoms with van der Waals surface area (Å²) in [5.41, 5.74) is 0.825. The van der Waals surface area contributed by atoms with Crippen molar-refractivity contribution in [2.24, 2.45) is 0 Å². The van der Waals surface area contributed by atoms with E-state index < -0.39 is 28.7 Å². The molecule has 194 valence electrons. The molecule has 1 unspecified atom stereocenters. The number of hydrogen-bond acceptors (Lipinski definition) is 8. The summed E-state index contributed by atoms with van der Waals surface area (Å²) in [5.74, 6) is -1.85. The lowest BCUT2D eigenvalue weighted by Crippen LogP contribution is -2.43. The maximum Gasteiger partial charge on any atom is 0.328 e. The molecule has 1 atom stereocenters. The van der Waals surface area contributed by atoms with E-state index in [0.717, 1.165) is 28.0 Å². The van der Waals surface area contributed by atoms with Crippen LogP contribution in [0, 0.1) is 15.9 Å². The van der Waals surface area contributed by atoms with Gasteiger partial charge >= 0.3 is 5.97 Å². The van der Waals surface area contributed by atoms with Gasteiger partial charge in [-0.05, 0) is 54.6 Å². The molecule has 0 spiro atoms. The molecule has 0 saturated carbocycles. The Balaban J connectivity index is 1.52. The molecule has 10 nitrogen and oxygen atoms in total. The Morgan fingerprint density at radius 3 is 2.63 bits per heavy atom. The second-order valence-corrected chi connectivity index (χ2v) is 9.91. The van der Waals surface area contributed by atoms with Crippen molar-refractivity contribution in [3.63, 3.8) is 0 Å². The topological polar surface area (TPSA) is 129 Å². The smallest absolute Gasteiger partial charge is 0.328 e. The van der Waals surface area contributed by atoms with Crippen molar-refractivity contribution in [3.8, 4) is 5.69 Å². The van der Waals surface area contributed by atoms with Crippen molar-refractivity contribution in [1.82, 2.24) is 20.3 Å². The highest BCUT2D eigenvalue weighted by atomic mass is 79.9.